The van der Waals surface area contributed by atoms with Gasteiger partial charge < -0.3 is 9.52 Å². The molecule has 0 aliphatic heterocycles. The van der Waals surface area contributed by atoms with Gasteiger partial charge >= 0.3 is 5.97 Å². The Labute approximate surface area is 129 Å². The van der Waals surface area contributed by atoms with Gasteiger partial charge in [0.05, 0.1) is 17.4 Å². The van der Waals surface area contributed by atoms with E-state index in [1.165, 1.54) is 12.1 Å². The van der Waals surface area contributed by atoms with Crippen LogP contribution in [0, 0.1) is 10.1 Å². The predicted molar refractivity (Wildman–Crippen MR) is 81.2 cm³/mol. The van der Waals surface area contributed by atoms with E-state index in [0.717, 1.165) is 5.39 Å². The van der Waals surface area contributed by atoms with Gasteiger partial charge in [0.1, 0.15) is 17.3 Å². The molecular weight excluding hydrogens is 305 g/mol. The third kappa shape index (κ3) is 2.98. The molecule has 0 spiro atoms. The lowest BCUT2D eigenvalue weighted by molar-refractivity contribution is -0.384. The van der Waals surface area contributed by atoms with Crippen LogP contribution < -0.4 is 0 Å². The van der Waals surface area contributed by atoms with Gasteiger partial charge in [-0.1, -0.05) is 6.07 Å². The number of carboxylic acids is 1. The molecule has 3 aromatic rings. The molecular formula is C16H12FNO5. The molecule has 23 heavy (non-hydrogen) atoms. The fraction of sp³-hybridized carbons (Fsp3) is 0.188. The Hall–Kier alpha value is -2.96. The summed E-state index contributed by atoms with van der Waals surface area (Å²) in [5.41, 5.74) is 1.50. The number of hydrogen-bond donors (Lipinski definition) is 1. The van der Waals surface area contributed by atoms with E-state index in [4.69, 9.17) is 9.52 Å². The molecule has 0 bridgehead atoms. The Balaban J connectivity index is 2.00. The second-order valence-electron chi connectivity index (χ2n) is 5.27. The van der Waals surface area contributed by atoms with Crippen molar-refractivity contribution in [1.29, 1.82) is 0 Å². The lowest BCUT2D eigenvalue weighted by Crippen LogP contribution is -2.10. The topological polar surface area (TPSA) is 93.6 Å². The van der Waals surface area contributed by atoms with Crippen LogP contribution in [-0.2, 0) is 11.2 Å². The summed E-state index contributed by atoms with van der Waals surface area (Å²) in [6.45, 7) is 0. The van der Waals surface area contributed by atoms with Crippen molar-refractivity contribution in [1.82, 2.24) is 0 Å². The number of furan rings is 1. The van der Waals surface area contributed by atoms with Crippen LogP contribution in [0.25, 0.3) is 21.9 Å². The Morgan fingerprint density at radius 3 is 2.70 bits per heavy atom. The highest BCUT2D eigenvalue weighted by Gasteiger charge is 2.15. The second-order valence-corrected chi connectivity index (χ2v) is 5.27. The van der Waals surface area contributed by atoms with Crippen LogP contribution in [-0.4, -0.2) is 22.2 Å². The molecule has 2 aromatic carbocycles. The van der Waals surface area contributed by atoms with E-state index >= 15 is 0 Å². The first-order valence-electron chi connectivity index (χ1n) is 6.89. The van der Waals surface area contributed by atoms with Crippen molar-refractivity contribution in [3.63, 3.8) is 0 Å². The molecule has 0 amide bonds. The molecule has 1 aromatic heterocycles. The smallest absolute Gasteiger partial charge is 0.306 e. The zero-order valence-electron chi connectivity index (χ0n) is 11.9. The third-order valence-electron chi connectivity index (χ3n) is 3.58. The lowest BCUT2D eigenvalue weighted by Gasteiger charge is -2.05. The van der Waals surface area contributed by atoms with Crippen LogP contribution in [0.5, 0.6) is 0 Å². The largest absolute Gasteiger partial charge is 0.481 e. The third-order valence-corrected chi connectivity index (χ3v) is 3.58. The number of halogens is 1. The minimum atomic E-state index is -1.47. The quantitative estimate of drug-likeness (QED) is 0.570. The summed E-state index contributed by atoms with van der Waals surface area (Å²) in [4.78, 5) is 20.8. The molecule has 1 unspecified atom stereocenters. The molecule has 1 N–H and O–H groups in total. The number of aliphatic carboxylic acids is 1. The predicted octanol–water partition coefficient (Wildman–Crippen LogP) is 3.85. The molecule has 1 atom stereocenters. The van der Waals surface area contributed by atoms with Crippen molar-refractivity contribution in [2.45, 2.75) is 19.0 Å². The minimum absolute atomic E-state index is 0.0120. The van der Waals surface area contributed by atoms with Gasteiger partial charge in [0.15, 0.2) is 0 Å². The van der Waals surface area contributed by atoms with Crippen molar-refractivity contribution < 1.29 is 23.6 Å². The van der Waals surface area contributed by atoms with Crippen LogP contribution >= 0.6 is 0 Å². The number of rotatable bonds is 5. The van der Waals surface area contributed by atoms with Gasteiger partial charge in [0.25, 0.3) is 5.69 Å². The number of nitrogens with zero attached hydrogens (tertiary/aromatic N) is 1. The van der Waals surface area contributed by atoms with Crippen molar-refractivity contribution in [3.8, 4) is 0 Å². The fourth-order valence-electron chi connectivity index (χ4n) is 2.57. The lowest BCUT2D eigenvalue weighted by atomic mass is 10.0. The Morgan fingerprint density at radius 1 is 1.22 bits per heavy atom. The zero-order valence-corrected chi connectivity index (χ0v) is 11.9. The molecule has 7 heteroatoms. The summed E-state index contributed by atoms with van der Waals surface area (Å²) in [6.07, 6.45) is -2.03. The molecule has 0 saturated carbocycles. The first-order valence-corrected chi connectivity index (χ1v) is 6.89. The summed E-state index contributed by atoms with van der Waals surface area (Å²) in [6, 6.07) is 9.36. The Bertz CT molecular complexity index is 917. The Morgan fingerprint density at radius 2 is 2.00 bits per heavy atom. The van der Waals surface area contributed by atoms with E-state index < -0.39 is 23.5 Å². The highest BCUT2D eigenvalue weighted by Crippen LogP contribution is 2.32. The SMILES string of the molecule is O=C(O)CC(F)Cc1ccc2oc3cc([N+](=O)[O-])ccc3c2c1. The number of non-ortho nitro benzene ring substituents is 1. The van der Waals surface area contributed by atoms with Gasteiger partial charge in [0.2, 0.25) is 0 Å². The maximum atomic E-state index is 13.6. The summed E-state index contributed by atoms with van der Waals surface area (Å²) in [5.74, 6) is -1.18. The number of carbonyl (C=O) groups is 1. The number of carboxylic acid groups (broad SMARTS) is 1. The standard InChI is InChI=1S/C16H12FNO5/c17-10(7-16(19)20)5-9-1-4-14-13(6-9)12-3-2-11(18(21)22)8-15(12)23-14/h1-4,6,8,10H,5,7H2,(H,19,20). The van der Waals surface area contributed by atoms with Crippen molar-refractivity contribution in [3.05, 3.63) is 52.1 Å². The van der Waals surface area contributed by atoms with Crippen LogP contribution in [0.2, 0.25) is 0 Å². The van der Waals surface area contributed by atoms with Crippen LogP contribution in [0.1, 0.15) is 12.0 Å². The summed E-state index contributed by atoms with van der Waals surface area (Å²) < 4.78 is 19.2. The number of nitro groups is 1. The van der Waals surface area contributed by atoms with Gasteiger partial charge in [-0.25, -0.2) is 4.39 Å². The first kappa shape index (κ1) is 15.0. The summed E-state index contributed by atoms with van der Waals surface area (Å²) in [7, 11) is 0. The van der Waals surface area contributed by atoms with E-state index in [2.05, 4.69) is 0 Å². The number of fused-ring (bicyclic) bond motifs is 3. The summed E-state index contributed by atoms with van der Waals surface area (Å²) >= 11 is 0. The molecule has 0 aliphatic carbocycles. The number of alkyl halides is 1. The van der Waals surface area contributed by atoms with Crippen molar-refractivity contribution >= 4 is 33.6 Å². The van der Waals surface area contributed by atoms with E-state index in [-0.39, 0.29) is 12.1 Å². The molecule has 1 heterocycles. The first-order chi connectivity index (χ1) is 10.9. The van der Waals surface area contributed by atoms with Crippen molar-refractivity contribution in [2.75, 3.05) is 0 Å². The van der Waals surface area contributed by atoms with Gasteiger partial charge in [0, 0.05) is 23.3 Å². The maximum absolute atomic E-state index is 13.6. The van der Waals surface area contributed by atoms with Crippen LogP contribution in [0.4, 0.5) is 10.1 Å². The Kier molecular flexibility index (Phi) is 3.69. The van der Waals surface area contributed by atoms with Crippen LogP contribution in [0.15, 0.2) is 40.8 Å². The number of nitro benzene ring substituents is 1. The highest BCUT2D eigenvalue weighted by atomic mass is 19.1. The van der Waals surface area contributed by atoms with E-state index in [0.29, 0.717) is 22.1 Å². The minimum Gasteiger partial charge on any atom is -0.481 e. The molecule has 0 saturated heterocycles. The zero-order chi connectivity index (χ0) is 16.6. The molecule has 0 radical (unpaired) electrons. The summed E-state index contributed by atoms with van der Waals surface area (Å²) in [5, 5.41) is 20.8. The second kappa shape index (κ2) is 5.68. The van der Waals surface area contributed by atoms with E-state index in [9.17, 15) is 19.3 Å². The average Bonchev–Trinajstić information content (AvgIpc) is 2.83. The van der Waals surface area contributed by atoms with E-state index in [1.54, 1.807) is 24.3 Å². The van der Waals surface area contributed by atoms with Crippen LogP contribution in [0.3, 0.4) is 0 Å². The number of benzene rings is 2. The normalized spacial score (nSPS) is 12.6. The average molecular weight is 317 g/mol. The molecule has 0 fully saturated rings. The van der Waals surface area contributed by atoms with E-state index in [1.807, 2.05) is 0 Å². The highest BCUT2D eigenvalue weighted by molar-refractivity contribution is 6.05. The number of hydrogen-bond acceptors (Lipinski definition) is 4. The van der Waals surface area contributed by atoms with Gasteiger partial charge in [-0.05, 0) is 23.8 Å². The van der Waals surface area contributed by atoms with Crippen molar-refractivity contribution in [2.24, 2.45) is 0 Å². The molecule has 118 valence electrons. The van der Waals surface area contributed by atoms with Gasteiger partial charge in [-0.15, -0.1) is 0 Å². The maximum Gasteiger partial charge on any atom is 0.306 e. The van der Waals surface area contributed by atoms with Gasteiger partial charge in [-0.2, -0.15) is 0 Å². The molecule has 3 rings (SSSR count). The monoisotopic (exact) mass is 317 g/mol. The fourth-order valence-corrected chi connectivity index (χ4v) is 2.57. The molecule has 6 nitrogen and oxygen atoms in total. The van der Waals surface area contributed by atoms with Gasteiger partial charge in [-0.3, -0.25) is 14.9 Å². The molecule has 0 aliphatic rings.